The van der Waals surface area contributed by atoms with E-state index >= 15 is 0 Å². The Labute approximate surface area is 400 Å². The van der Waals surface area contributed by atoms with Crippen molar-refractivity contribution in [2.45, 2.75) is 141 Å². The van der Waals surface area contributed by atoms with Gasteiger partial charge in [-0.25, -0.2) is 4.79 Å². The summed E-state index contributed by atoms with van der Waals surface area (Å²) in [5.74, 6) is -9.81. The number of aliphatic hydroxyl groups excluding tert-OH is 1. The van der Waals surface area contributed by atoms with E-state index in [4.69, 9.17) is 17.2 Å². The first-order valence-electron chi connectivity index (χ1n) is 22.3. The van der Waals surface area contributed by atoms with E-state index < -0.39 is 127 Å². The van der Waals surface area contributed by atoms with Gasteiger partial charge < -0.3 is 69.7 Å². The van der Waals surface area contributed by atoms with Gasteiger partial charge in [0.05, 0.1) is 19.1 Å². The fraction of sp³-hybridized carbons (Fsp3) is 0.636. The van der Waals surface area contributed by atoms with E-state index in [1.54, 1.807) is 46.1 Å². The Morgan fingerprint density at radius 1 is 0.544 bits per heavy atom. The standard InChI is InChI=1S/C44H72N10O13S/c1-22(2)16-27(45)37(59)50-31(19-25-8-10-26(56)11-9-25)41(63)51-30(17-23(3)4)40(62)48-28(12-13-35(46)57)38(60)49-29(14-15-68-7)39(61)52-32(20-36(47)58)42(64)54-34(21-55)43(65)53-33(44(66)67)18-24(5)6/h8-11,22-24,27-34,55-56H,12-21,45H2,1-7H3,(H2,46,57)(H2,47,58)(H,48,62)(H,49,60)(H,50,59)(H,51,63)(H,52,61)(H,53,65)(H,54,64)(H,66,67)/t27-,28-,29-,30-,31-,32-,33-,34-/m0/s1. The van der Waals surface area contributed by atoms with Crippen LogP contribution in [0, 0.1) is 17.8 Å². The quantitative estimate of drug-likeness (QED) is 0.0363. The first-order chi connectivity index (χ1) is 31.8. The van der Waals surface area contributed by atoms with Crippen molar-refractivity contribution in [2.24, 2.45) is 35.0 Å². The summed E-state index contributed by atoms with van der Waals surface area (Å²) < 4.78 is 0. The summed E-state index contributed by atoms with van der Waals surface area (Å²) in [6.07, 6.45) is 0.362. The minimum atomic E-state index is -1.76. The van der Waals surface area contributed by atoms with Crippen molar-refractivity contribution >= 4 is 70.9 Å². The second-order valence-corrected chi connectivity index (χ2v) is 18.8. The summed E-state index contributed by atoms with van der Waals surface area (Å²) >= 11 is 1.28. The number of hydrogen-bond donors (Lipinski definition) is 13. The first-order valence-corrected chi connectivity index (χ1v) is 23.7. The molecule has 8 atom stereocenters. The van der Waals surface area contributed by atoms with Crippen LogP contribution < -0.4 is 54.4 Å². The van der Waals surface area contributed by atoms with Crippen LogP contribution in [0.3, 0.4) is 0 Å². The molecule has 0 heterocycles. The third kappa shape index (κ3) is 23.1. The van der Waals surface area contributed by atoms with Gasteiger partial charge in [-0.3, -0.25) is 43.2 Å². The van der Waals surface area contributed by atoms with Crippen LogP contribution in [0.15, 0.2) is 24.3 Å². The molecule has 24 heteroatoms. The van der Waals surface area contributed by atoms with Crippen LogP contribution in [0.5, 0.6) is 5.75 Å². The Balaban J connectivity index is 3.45. The van der Waals surface area contributed by atoms with Crippen molar-refractivity contribution in [1.29, 1.82) is 0 Å². The van der Waals surface area contributed by atoms with Gasteiger partial charge in [-0.2, -0.15) is 11.8 Å². The molecule has 0 bridgehead atoms. The number of carboxylic acid groups (broad SMARTS) is 1. The van der Waals surface area contributed by atoms with E-state index in [1.807, 2.05) is 13.8 Å². The molecule has 0 spiro atoms. The summed E-state index contributed by atoms with van der Waals surface area (Å²) in [4.78, 5) is 131. The summed E-state index contributed by atoms with van der Waals surface area (Å²) in [6.45, 7) is 9.73. The fourth-order valence-electron chi connectivity index (χ4n) is 6.66. The number of benzene rings is 1. The Morgan fingerprint density at radius 3 is 1.44 bits per heavy atom. The topological polar surface area (TPSA) is 394 Å². The number of carboxylic acids is 1. The number of nitrogens with two attached hydrogens (primary N) is 3. The van der Waals surface area contributed by atoms with E-state index in [-0.39, 0.29) is 61.4 Å². The van der Waals surface area contributed by atoms with Crippen LogP contribution in [0.1, 0.15) is 92.1 Å². The summed E-state index contributed by atoms with van der Waals surface area (Å²) in [5.41, 5.74) is 17.5. The minimum Gasteiger partial charge on any atom is -0.508 e. The van der Waals surface area contributed by atoms with Crippen LogP contribution in [-0.2, 0) is 54.4 Å². The number of primary amides is 2. The number of nitrogens with one attached hydrogen (secondary N) is 7. The predicted molar refractivity (Wildman–Crippen MR) is 252 cm³/mol. The molecule has 1 rings (SSSR count). The van der Waals surface area contributed by atoms with Gasteiger partial charge in [0.25, 0.3) is 0 Å². The van der Waals surface area contributed by atoms with E-state index in [0.29, 0.717) is 12.0 Å². The van der Waals surface area contributed by atoms with Gasteiger partial charge in [0.2, 0.25) is 53.2 Å². The number of carbonyl (C=O) groups is 10. The number of aliphatic hydroxyl groups is 1. The van der Waals surface area contributed by atoms with Crippen molar-refractivity contribution < 1.29 is 63.3 Å². The monoisotopic (exact) mass is 981 g/mol. The lowest BCUT2D eigenvalue weighted by Crippen LogP contribution is -2.61. The van der Waals surface area contributed by atoms with Crippen LogP contribution in [0.25, 0.3) is 0 Å². The molecule has 0 aliphatic heterocycles. The number of rotatable bonds is 32. The summed E-state index contributed by atoms with van der Waals surface area (Å²) in [5, 5.41) is 46.4. The minimum absolute atomic E-state index is 0.0257. The maximum atomic E-state index is 14.1. The molecule has 9 amide bonds. The number of hydrogen-bond acceptors (Lipinski definition) is 14. The lowest BCUT2D eigenvalue weighted by molar-refractivity contribution is -0.143. The van der Waals surface area contributed by atoms with Crippen LogP contribution in [-0.4, -0.2) is 141 Å². The van der Waals surface area contributed by atoms with Gasteiger partial charge in [-0.1, -0.05) is 53.7 Å². The number of carbonyl (C=O) groups excluding carboxylic acids is 9. The Kier molecular flexibility index (Phi) is 26.8. The molecule has 1 aromatic rings. The highest BCUT2D eigenvalue weighted by molar-refractivity contribution is 7.98. The van der Waals surface area contributed by atoms with Gasteiger partial charge >= 0.3 is 5.97 Å². The molecular formula is C44H72N10O13S. The van der Waals surface area contributed by atoms with Crippen LogP contribution >= 0.6 is 11.8 Å². The molecule has 0 saturated heterocycles. The zero-order valence-electron chi connectivity index (χ0n) is 39.8. The molecule has 23 nitrogen and oxygen atoms in total. The fourth-order valence-corrected chi connectivity index (χ4v) is 7.14. The van der Waals surface area contributed by atoms with E-state index in [2.05, 4.69) is 37.2 Å². The smallest absolute Gasteiger partial charge is 0.326 e. The lowest BCUT2D eigenvalue weighted by Gasteiger charge is -2.28. The van der Waals surface area contributed by atoms with Crippen LogP contribution in [0.4, 0.5) is 0 Å². The van der Waals surface area contributed by atoms with Gasteiger partial charge in [-0.15, -0.1) is 0 Å². The number of phenolic OH excluding ortho intramolecular Hbond substituents is 1. The summed E-state index contributed by atoms with van der Waals surface area (Å²) in [7, 11) is 0. The molecule has 0 radical (unpaired) electrons. The number of aliphatic carboxylic acids is 1. The van der Waals surface area contributed by atoms with Crippen molar-refractivity contribution in [3.63, 3.8) is 0 Å². The highest BCUT2D eigenvalue weighted by Gasteiger charge is 2.35. The van der Waals surface area contributed by atoms with Crippen molar-refractivity contribution in [3.05, 3.63) is 29.8 Å². The largest absolute Gasteiger partial charge is 0.508 e. The van der Waals surface area contributed by atoms with Crippen molar-refractivity contribution in [1.82, 2.24) is 37.2 Å². The Hall–Kier alpha value is -6.01. The molecule has 0 aliphatic rings. The molecular weight excluding hydrogens is 909 g/mol. The Morgan fingerprint density at radius 2 is 0.956 bits per heavy atom. The SMILES string of the molecule is CSCC[C@H](NC(=O)[C@H](CCC(N)=O)NC(=O)[C@H](CC(C)C)NC(=O)[C@H](Cc1ccc(O)cc1)NC(=O)[C@@H](N)CC(C)C)C(=O)N[C@@H](CC(N)=O)C(=O)N[C@@H](CO)C(=O)N[C@@H](CC(C)C)C(=O)O. The second-order valence-electron chi connectivity index (χ2n) is 17.8. The van der Waals surface area contributed by atoms with Gasteiger partial charge in [0.15, 0.2) is 0 Å². The molecule has 0 saturated carbocycles. The van der Waals surface area contributed by atoms with Crippen molar-refractivity contribution in [2.75, 3.05) is 18.6 Å². The zero-order chi connectivity index (χ0) is 51.8. The Bertz CT molecular complexity index is 1890. The molecule has 1 aromatic carbocycles. The van der Waals surface area contributed by atoms with E-state index in [0.717, 1.165) is 0 Å². The summed E-state index contributed by atoms with van der Waals surface area (Å²) in [6, 6.07) is -5.43. The van der Waals surface area contributed by atoms with Crippen LogP contribution in [0.2, 0.25) is 0 Å². The van der Waals surface area contributed by atoms with E-state index in [9.17, 15) is 63.3 Å². The highest BCUT2D eigenvalue weighted by atomic mass is 32.2. The molecule has 382 valence electrons. The maximum absolute atomic E-state index is 14.1. The molecule has 0 fully saturated rings. The second kappa shape index (κ2) is 30.4. The maximum Gasteiger partial charge on any atom is 0.326 e. The first kappa shape index (κ1) is 60.0. The molecule has 16 N–H and O–H groups in total. The number of thioether (sulfide) groups is 1. The molecule has 68 heavy (non-hydrogen) atoms. The van der Waals surface area contributed by atoms with Gasteiger partial charge in [-0.05, 0) is 79.6 Å². The molecule has 0 aromatic heterocycles. The van der Waals surface area contributed by atoms with Gasteiger partial charge in [0.1, 0.15) is 48.0 Å². The normalized spacial score (nSPS) is 14.8. The predicted octanol–water partition coefficient (Wildman–Crippen LogP) is -2.24. The lowest BCUT2D eigenvalue weighted by atomic mass is 9.99. The number of phenols is 1. The molecule has 0 unspecified atom stereocenters. The average molecular weight is 981 g/mol. The zero-order valence-corrected chi connectivity index (χ0v) is 40.6. The third-order valence-corrected chi connectivity index (χ3v) is 10.8. The third-order valence-electron chi connectivity index (χ3n) is 10.1. The van der Waals surface area contributed by atoms with Gasteiger partial charge in [0, 0.05) is 12.8 Å². The number of amides is 9. The highest BCUT2D eigenvalue weighted by Crippen LogP contribution is 2.14. The number of aromatic hydroxyl groups is 1. The molecule has 0 aliphatic carbocycles. The average Bonchev–Trinajstić information content (AvgIpc) is 3.24. The van der Waals surface area contributed by atoms with Crippen molar-refractivity contribution in [3.8, 4) is 5.75 Å². The van der Waals surface area contributed by atoms with E-state index in [1.165, 1.54) is 23.9 Å².